The van der Waals surface area contributed by atoms with E-state index >= 15 is 0 Å². The number of benzene rings is 1. The number of carbonyl (C=O) groups is 2. The second-order valence-electron chi connectivity index (χ2n) is 5.60. The molecule has 138 valence electrons. The van der Waals surface area contributed by atoms with Gasteiger partial charge in [0.2, 0.25) is 0 Å². The first-order valence-electron chi connectivity index (χ1n) is 7.84. The molecule has 0 saturated carbocycles. The average Bonchev–Trinajstić information content (AvgIpc) is 2.60. The summed E-state index contributed by atoms with van der Waals surface area (Å²) in [5.74, 6) is -3.90. The Labute approximate surface area is 154 Å². The Hall–Kier alpha value is -2.48. The first kappa shape index (κ1) is 19.8. The van der Waals surface area contributed by atoms with E-state index in [-0.39, 0.29) is 28.3 Å². The molecule has 2 rings (SSSR count). The van der Waals surface area contributed by atoms with Crippen molar-refractivity contribution >= 4 is 29.3 Å². The van der Waals surface area contributed by atoms with Crippen LogP contribution in [0.15, 0.2) is 47.6 Å². The molecule has 0 aliphatic carbocycles. The average molecular weight is 380 g/mol. The summed E-state index contributed by atoms with van der Waals surface area (Å²) in [4.78, 5) is 27.9. The molecule has 0 aliphatic heterocycles. The van der Waals surface area contributed by atoms with Gasteiger partial charge in [-0.3, -0.25) is 4.79 Å². The number of thioether (sulfide) groups is 1. The van der Waals surface area contributed by atoms with E-state index in [0.717, 1.165) is 5.56 Å². The van der Waals surface area contributed by atoms with Crippen LogP contribution < -0.4 is 5.32 Å². The van der Waals surface area contributed by atoms with Gasteiger partial charge < -0.3 is 10.1 Å². The van der Waals surface area contributed by atoms with E-state index in [1.807, 2.05) is 26.0 Å². The standard InChI is InChI=1S/C18H18F2N2O3S/c1-11(2)12-6-3-4-8-14(12)22-15(23)10-25-17(24)13-7-5-9-21-16(13)26-18(19)20/h3-9,11,18H,10H2,1-2H3,(H,22,23). The molecule has 0 saturated heterocycles. The van der Waals surface area contributed by atoms with E-state index in [4.69, 9.17) is 4.74 Å². The number of pyridine rings is 1. The Morgan fingerprint density at radius 1 is 1.19 bits per heavy atom. The Kier molecular flexibility index (Phi) is 7.08. The molecule has 2 aromatic rings. The maximum Gasteiger partial charge on any atom is 0.341 e. The van der Waals surface area contributed by atoms with Crippen molar-refractivity contribution in [2.75, 3.05) is 11.9 Å². The van der Waals surface area contributed by atoms with Gasteiger partial charge in [0.25, 0.3) is 11.7 Å². The SMILES string of the molecule is CC(C)c1ccccc1NC(=O)COC(=O)c1cccnc1SC(F)F. The molecule has 5 nitrogen and oxygen atoms in total. The highest BCUT2D eigenvalue weighted by molar-refractivity contribution is 7.99. The summed E-state index contributed by atoms with van der Waals surface area (Å²) in [6.45, 7) is 3.46. The number of amides is 1. The summed E-state index contributed by atoms with van der Waals surface area (Å²) in [6.07, 6.45) is 1.30. The second kappa shape index (κ2) is 9.28. The lowest BCUT2D eigenvalue weighted by molar-refractivity contribution is -0.119. The number of anilines is 1. The van der Waals surface area contributed by atoms with Gasteiger partial charge in [-0.1, -0.05) is 32.0 Å². The number of nitrogens with zero attached hydrogens (tertiary/aromatic N) is 1. The van der Waals surface area contributed by atoms with Crippen LogP contribution in [-0.2, 0) is 9.53 Å². The summed E-state index contributed by atoms with van der Waals surface area (Å²) in [5.41, 5.74) is 1.49. The molecule has 0 spiro atoms. The lowest BCUT2D eigenvalue weighted by atomic mass is 10.0. The van der Waals surface area contributed by atoms with Crippen LogP contribution in [0.1, 0.15) is 35.7 Å². The Morgan fingerprint density at radius 2 is 1.92 bits per heavy atom. The molecular weight excluding hydrogens is 362 g/mol. The third-order valence-electron chi connectivity index (χ3n) is 3.38. The fraction of sp³-hybridized carbons (Fsp3) is 0.278. The van der Waals surface area contributed by atoms with Crippen LogP contribution in [-0.4, -0.2) is 29.2 Å². The van der Waals surface area contributed by atoms with Crippen molar-refractivity contribution in [3.63, 3.8) is 0 Å². The predicted molar refractivity (Wildman–Crippen MR) is 95.5 cm³/mol. The quantitative estimate of drug-likeness (QED) is 0.572. The molecule has 1 heterocycles. The molecule has 26 heavy (non-hydrogen) atoms. The number of halogens is 2. The number of hydrogen-bond acceptors (Lipinski definition) is 5. The third kappa shape index (κ3) is 5.52. The maximum atomic E-state index is 12.5. The fourth-order valence-corrected chi connectivity index (χ4v) is 2.80. The summed E-state index contributed by atoms with van der Waals surface area (Å²) in [5, 5.41) is 2.55. The lowest BCUT2D eigenvalue weighted by Gasteiger charge is -2.14. The minimum atomic E-state index is -2.72. The topological polar surface area (TPSA) is 68.3 Å². The van der Waals surface area contributed by atoms with E-state index < -0.39 is 24.2 Å². The van der Waals surface area contributed by atoms with E-state index in [9.17, 15) is 18.4 Å². The molecule has 0 unspecified atom stereocenters. The summed E-state index contributed by atoms with van der Waals surface area (Å²) < 4.78 is 30.0. The number of alkyl halides is 2. The molecule has 0 radical (unpaired) electrons. The Morgan fingerprint density at radius 3 is 2.62 bits per heavy atom. The monoisotopic (exact) mass is 380 g/mol. The van der Waals surface area contributed by atoms with E-state index in [0.29, 0.717) is 5.69 Å². The molecule has 0 aliphatic rings. The van der Waals surface area contributed by atoms with Crippen LogP contribution in [0.3, 0.4) is 0 Å². The highest BCUT2D eigenvalue weighted by Crippen LogP contribution is 2.27. The van der Waals surface area contributed by atoms with Crippen LogP contribution in [0.5, 0.6) is 0 Å². The van der Waals surface area contributed by atoms with Crippen LogP contribution >= 0.6 is 11.8 Å². The van der Waals surface area contributed by atoms with Crippen molar-refractivity contribution in [2.45, 2.75) is 30.5 Å². The molecule has 1 aromatic carbocycles. The summed E-state index contributed by atoms with van der Waals surface area (Å²) >= 11 is 0.150. The van der Waals surface area contributed by atoms with Crippen LogP contribution in [0.2, 0.25) is 0 Å². The van der Waals surface area contributed by atoms with Crippen molar-refractivity contribution in [1.29, 1.82) is 0 Å². The molecule has 8 heteroatoms. The summed E-state index contributed by atoms with van der Waals surface area (Å²) in [7, 11) is 0. The fourth-order valence-electron chi connectivity index (χ4n) is 2.23. The van der Waals surface area contributed by atoms with Crippen molar-refractivity contribution in [2.24, 2.45) is 0 Å². The molecular formula is C18H18F2N2O3S. The zero-order valence-corrected chi connectivity index (χ0v) is 15.1. The van der Waals surface area contributed by atoms with Gasteiger partial charge in [0, 0.05) is 11.9 Å². The molecule has 0 fully saturated rings. The van der Waals surface area contributed by atoms with Crippen LogP contribution in [0.25, 0.3) is 0 Å². The van der Waals surface area contributed by atoms with Gasteiger partial charge >= 0.3 is 5.97 Å². The van der Waals surface area contributed by atoms with Gasteiger partial charge in [0.05, 0.1) is 5.56 Å². The van der Waals surface area contributed by atoms with Crippen molar-refractivity contribution < 1.29 is 23.1 Å². The molecule has 0 bridgehead atoms. The minimum Gasteiger partial charge on any atom is -0.452 e. The minimum absolute atomic E-state index is 0.104. The van der Waals surface area contributed by atoms with E-state index in [1.165, 1.54) is 18.3 Å². The van der Waals surface area contributed by atoms with Gasteiger partial charge in [-0.05, 0) is 41.4 Å². The lowest BCUT2D eigenvalue weighted by Crippen LogP contribution is -2.22. The molecule has 0 atom stereocenters. The Bertz CT molecular complexity index is 785. The zero-order chi connectivity index (χ0) is 19.1. The van der Waals surface area contributed by atoms with E-state index in [1.54, 1.807) is 12.1 Å². The van der Waals surface area contributed by atoms with E-state index in [2.05, 4.69) is 10.3 Å². The largest absolute Gasteiger partial charge is 0.452 e. The third-order valence-corrected chi connectivity index (χ3v) is 4.11. The van der Waals surface area contributed by atoms with Crippen molar-refractivity contribution in [3.05, 3.63) is 53.7 Å². The van der Waals surface area contributed by atoms with Gasteiger partial charge in [-0.25, -0.2) is 9.78 Å². The van der Waals surface area contributed by atoms with Gasteiger partial charge in [0.1, 0.15) is 5.03 Å². The number of para-hydroxylation sites is 1. The molecule has 1 amide bonds. The number of hydrogen-bond donors (Lipinski definition) is 1. The Balaban J connectivity index is 1.99. The number of aromatic nitrogens is 1. The van der Waals surface area contributed by atoms with Crippen LogP contribution in [0, 0.1) is 0 Å². The highest BCUT2D eigenvalue weighted by atomic mass is 32.2. The number of rotatable bonds is 7. The number of ether oxygens (including phenoxy) is 1. The predicted octanol–water partition coefficient (Wildman–Crippen LogP) is 4.32. The van der Waals surface area contributed by atoms with Gasteiger partial charge in [-0.15, -0.1) is 0 Å². The smallest absolute Gasteiger partial charge is 0.341 e. The number of esters is 1. The van der Waals surface area contributed by atoms with Crippen molar-refractivity contribution in [3.8, 4) is 0 Å². The highest BCUT2D eigenvalue weighted by Gasteiger charge is 2.19. The summed E-state index contributed by atoms with van der Waals surface area (Å²) in [6, 6.07) is 10.1. The molecule has 1 N–H and O–H groups in total. The normalized spacial score (nSPS) is 10.8. The van der Waals surface area contributed by atoms with Gasteiger partial charge in [-0.2, -0.15) is 8.78 Å². The molecule has 1 aromatic heterocycles. The number of carbonyl (C=O) groups excluding carboxylic acids is 2. The van der Waals surface area contributed by atoms with Crippen molar-refractivity contribution in [1.82, 2.24) is 4.98 Å². The second-order valence-corrected chi connectivity index (χ2v) is 6.58. The first-order chi connectivity index (χ1) is 12.4. The maximum absolute atomic E-state index is 12.5. The van der Waals surface area contributed by atoms with Gasteiger partial charge in [0.15, 0.2) is 6.61 Å². The van der Waals surface area contributed by atoms with Crippen LogP contribution in [0.4, 0.5) is 14.5 Å². The first-order valence-corrected chi connectivity index (χ1v) is 8.72. The zero-order valence-electron chi connectivity index (χ0n) is 14.2. The number of nitrogens with one attached hydrogen (secondary N) is 1.